The molecule has 0 heterocycles. The number of halogens is 6. The number of carbonyl (C=O) groups excluding carboxylic acids is 2. The Morgan fingerprint density at radius 1 is 0.846 bits per heavy atom. The van der Waals surface area contributed by atoms with E-state index in [1.165, 1.54) is 36.2 Å². The molecule has 2 amide bonds. The lowest BCUT2D eigenvalue weighted by Gasteiger charge is -2.18. The Bertz CT molecular complexity index is 841. The molecule has 0 bridgehead atoms. The molecule has 0 aliphatic heterocycles. The fourth-order valence-corrected chi connectivity index (χ4v) is 3.15. The molecule has 0 fully saturated rings. The standard InChI is InChI=1S/C16H10Cl6N2O2/c1-24(8-4-11(19)16(22)12(20)5-8)14(26)6-13(25)23-7-2-9(17)15(21)10(18)3-7/h2-5H,6H2,1H3,(H,23,25). The van der Waals surface area contributed by atoms with Crippen molar-refractivity contribution in [3.05, 3.63) is 54.4 Å². The summed E-state index contributed by atoms with van der Waals surface area (Å²) in [4.78, 5) is 25.7. The Balaban J connectivity index is 2.08. The fraction of sp³-hybridized carbons (Fsp3) is 0.125. The van der Waals surface area contributed by atoms with Gasteiger partial charge in [-0.1, -0.05) is 69.6 Å². The monoisotopic (exact) mass is 472 g/mol. The number of carbonyl (C=O) groups is 2. The first-order valence-electron chi connectivity index (χ1n) is 6.95. The summed E-state index contributed by atoms with van der Waals surface area (Å²) in [6.45, 7) is 0. The second kappa shape index (κ2) is 8.87. The van der Waals surface area contributed by atoms with E-state index in [-0.39, 0.29) is 30.1 Å². The SMILES string of the molecule is CN(C(=O)CC(=O)Nc1cc(Cl)c(Cl)c(Cl)c1)c1cc(Cl)c(Cl)c(Cl)c1. The van der Waals surface area contributed by atoms with Crippen LogP contribution in [0, 0.1) is 0 Å². The van der Waals surface area contributed by atoms with Crippen LogP contribution in [-0.2, 0) is 9.59 Å². The lowest BCUT2D eigenvalue weighted by Crippen LogP contribution is -2.30. The minimum absolute atomic E-state index is 0.179. The number of benzene rings is 2. The van der Waals surface area contributed by atoms with E-state index in [0.29, 0.717) is 11.4 Å². The third-order valence-electron chi connectivity index (χ3n) is 3.31. The molecule has 26 heavy (non-hydrogen) atoms. The van der Waals surface area contributed by atoms with Gasteiger partial charge in [-0.2, -0.15) is 0 Å². The Kier molecular flexibility index (Phi) is 7.31. The van der Waals surface area contributed by atoms with Crippen molar-refractivity contribution in [1.29, 1.82) is 0 Å². The van der Waals surface area contributed by atoms with E-state index in [2.05, 4.69) is 5.32 Å². The molecular weight excluding hydrogens is 465 g/mol. The zero-order valence-electron chi connectivity index (χ0n) is 13.0. The molecule has 10 heteroatoms. The molecule has 0 aromatic heterocycles. The highest BCUT2D eigenvalue weighted by atomic mass is 35.5. The van der Waals surface area contributed by atoms with Crippen molar-refractivity contribution in [2.24, 2.45) is 0 Å². The maximum atomic E-state index is 12.3. The third-order valence-corrected chi connectivity index (χ3v) is 5.70. The molecule has 0 saturated carbocycles. The second-order valence-electron chi connectivity index (χ2n) is 5.15. The van der Waals surface area contributed by atoms with E-state index in [1.54, 1.807) is 0 Å². The molecular formula is C16H10Cl6N2O2. The number of rotatable bonds is 4. The Labute approximate surface area is 179 Å². The van der Waals surface area contributed by atoms with Crippen molar-refractivity contribution >= 4 is 92.8 Å². The number of hydrogen-bond donors (Lipinski definition) is 1. The highest BCUT2D eigenvalue weighted by Crippen LogP contribution is 2.35. The van der Waals surface area contributed by atoms with Crippen LogP contribution in [-0.4, -0.2) is 18.9 Å². The van der Waals surface area contributed by atoms with E-state index in [9.17, 15) is 9.59 Å². The minimum Gasteiger partial charge on any atom is -0.326 e. The highest BCUT2D eigenvalue weighted by Gasteiger charge is 2.18. The summed E-state index contributed by atoms with van der Waals surface area (Å²) in [5.41, 5.74) is 0.724. The molecule has 0 aliphatic rings. The summed E-state index contributed by atoms with van der Waals surface area (Å²) in [5, 5.41) is 3.66. The molecule has 0 saturated heterocycles. The third kappa shape index (κ3) is 5.10. The molecule has 0 atom stereocenters. The number of nitrogens with zero attached hydrogens (tertiary/aromatic N) is 1. The summed E-state index contributed by atoms with van der Waals surface area (Å²) in [6, 6.07) is 5.82. The van der Waals surface area contributed by atoms with Gasteiger partial charge in [-0.05, 0) is 24.3 Å². The molecule has 0 aliphatic carbocycles. The lowest BCUT2D eigenvalue weighted by molar-refractivity contribution is -0.125. The van der Waals surface area contributed by atoms with E-state index in [1.807, 2.05) is 0 Å². The molecule has 0 unspecified atom stereocenters. The fourth-order valence-electron chi connectivity index (χ4n) is 1.97. The van der Waals surface area contributed by atoms with Crippen molar-refractivity contribution in [2.45, 2.75) is 6.42 Å². The predicted molar refractivity (Wildman–Crippen MR) is 110 cm³/mol. The van der Waals surface area contributed by atoms with Crippen molar-refractivity contribution in [3.8, 4) is 0 Å². The molecule has 2 rings (SSSR count). The largest absolute Gasteiger partial charge is 0.326 e. The summed E-state index contributed by atoms with van der Waals surface area (Å²) in [6.07, 6.45) is -0.424. The molecule has 2 aromatic carbocycles. The minimum atomic E-state index is -0.553. The van der Waals surface area contributed by atoms with Gasteiger partial charge in [0.05, 0.1) is 30.1 Å². The quantitative estimate of drug-likeness (QED) is 0.401. The van der Waals surface area contributed by atoms with Crippen molar-refractivity contribution in [2.75, 3.05) is 17.3 Å². The second-order valence-corrected chi connectivity index (χ2v) is 7.54. The van der Waals surface area contributed by atoms with Crippen LogP contribution in [0.15, 0.2) is 24.3 Å². The Hall–Kier alpha value is -0.880. The van der Waals surface area contributed by atoms with Gasteiger partial charge in [0.25, 0.3) is 0 Å². The van der Waals surface area contributed by atoms with Crippen LogP contribution in [0.2, 0.25) is 30.1 Å². The summed E-state index contributed by atoms with van der Waals surface area (Å²) in [7, 11) is 1.49. The van der Waals surface area contributed by atoms with Gasteiger partial charge in [-0.3, -0.25) is 9.59 Å². The van der Waals surface area contributed by atoms with Crippen LogP contribution < -0.4 is 10.2 Å². The summed E-state index contributed by atoms with van der Waals surface area (Å²) >= 11 is 35.4. The number of hydrogen-bond acceptors (Lipinski definition) is 2. The van der Waals surface area contributed by atoms with Gasteiger partial charge in [0.15, 0.2) is 0 Å². The zero-order chi connectivity index (χ0) is 19.6. The maximum Gasteiger partial charge on any atom is 0.236 e. The maximum absolute atomic E-state index is 12.3. The molecule has 4 nitrogen and oxygen atoms in total. The summed E-state index contributed by atoms with van der Waals surface area (Å²) < 4.78 is 0. The smallest absolute Gasteiger partial charge is 0.236 e. The van der Waals surface area contributed by atoms with Crippen LogP contribution in [0.3, 0.4) is 0 Å². The van der Waals surface area contributed by atoms with Gasteiger partial charge in [-0.15, -0.1) is 0 Å². The zero-order valence-corrected chi connectivity index (χ0v) is 17.6. The van der Waals surface area contributed by atoms with E-state index in [0.717, 1.165) is 0 Å². The number of nitrogens with one attached hydrogen (secondary N) is 1. The topological polar surface area (TPSA) is 49.4 Å². The molecule has 0 spiro atoms. The van der Waals surface area contributed by atoms with Gasteiger partial charge >= 0.3 is 0 Å². The van der Waals surface area contributed by atoms with Gasteiger partial charge < -0.3 is 10.2 Å². The van der Waals surface area contributed by atoms with Crippen molar-refractivity contribution in [1.82, 2.24) is 0 Å². The Morgan fingerprint density at radius 2 is 1.27 bits per heavy atom. The van der Waals surface area contributed by atoms with Gasteiger partial charge in [-0.25, -0.2) is 0 Å². The van der Waals surface area contributed by atoms with Crippen molar-refractivity contribution < 1.29 is 9.59 Å². The molecule has 138 valence electrons. The Morgan fingerprint density at radius 3 is 1.73 bits per heavy atom. The highest BCUT2D eigenvalue weighted by molar-refractivity contribution is 6.49. The van der Waals surface area contributed by atoms with Crippen LogP contribution in [0.25, 0.3) is 0 Å². The molecule has 0 radical (unpaired) electrons. The normalized spacial score (nSPS) is 10.6. The average Bonchev–Trinajstić information content (AvgIpc) is 2.56. The van der Waals surface area contributed by atoms with E-state index >= 15 is 0 Å². The van der Waals surface area contributed by atoms with Crippen LogP contribution >= 0.6 is 69.6 Å². The van der Waals surface area contributed by atoms with Gasteiger partial charge in [0, 0.05) is 18.4 Å². The van der Waals surface area contributed by atoms with Crippen LogP contribution in [0.4, 0.5) is 11.4 Å². The summed E-state index contributed by atoms with van der Waals surface area (Å²) in [5.74, 6) is -1.04. The molecule has 2 aromatic rings. The number of amides is 2. The van der Waals surface area contributed by atoms with E-state index in [4.69, 9.17) is 69.6 Å². The first-order chi connectivity index (χ1) is 12.1. The number of anilines is 2. The predicted octanol–water partition coefficient (Wildman–Crippen LogP) is 6.60. The van der Waals surface area contributed by atoms with E-state index < -0.39 is 18.2 Å². The first kappa shape index (κ1) is 21.4. The lowest BCUT2D eigenvalue weighted by atomic mass is 10.2. The van der Waals surface area contributed by atoms with Crippen LogP contribution in [0.1, 0.15) is 6.42 Å². The average molecular weight is 475 g/mol. The van der Waals surface area contributed by atoms with Gasteiger partial charge in [0.2, 0.25) is 11.8 Å². The first-order valence-corrected chi connectivity index (χ1v) is 9.22. The molecule has 1 N–H and O–H groups in total. The van der Waals surface area contributed by atoms with Crippen LogP contribution in [0.5, 0.6) is 0 Å². The van der Waals surface area contributed by atoms with Gasteiger partial charge in [0.1, 0.15) is 6.42 Å². The van der Waals surface area contributed by atoms with Crippen molar-refractivity contribution in [3.63, 3.8) is 0 Å².